The van der Waals surface area contributed by atoms with Crippen LogP contribution in [-0.4, -0.2) is 16.9 Å². The van der Waals surface area contributed by atoms with Gasteiger partial charge in [-0.05, 0) is 24.6 Å². The van der Waals surface area contributed by atoms with Gasteiger partial charge in [-0.3, -0.25) is 4.68 Å². The molecule has 2 N–H and O–H groups in total. The topological polar surface area (TPSA) is 53.1 Å². The molecule has 16 heavy (non-hydrogen) atoms. The van der Waals surface area contributed by atoms with E-state index in [9.17, 15) is 0 Å². The SMILES string of the molecule is COc1cc(-c2cn(C)nc2C)ccc1N. The Bertz CT molecular complexity index is 517. The lowest BCUT2D eigenvalue weighted by molar-refractivity contribution is 0.417. The molecule has 4 heteroatoms. The van der Waals surface area contributed by atoms with Crippen LogP contribution in [0.15, 0.2) is 24.4 Å². The molecule has 1 heterocycles. The fraction of sp³-hybridized carbons (Fsp3) is 0.250. The van der Waals surface area contributed by atoms with Crippen LogP contribution < -0.4 is 10.5 Å². The number of hydrogen-bond donors (Lipinski definition) is 1. The normalized spacial score (nSPS) is 10.4. The highest BCUT2D eigenvalue weighted by molar-refractivity contribution is 5.70. The van der Waals surface area contributed by atoms with Crippen molar-refractivity contribution in [2.45, 2.75) is 6.92 Å². The van der Waals surface area contributed by atoms with Gasteiger partial charge in [-0.2, -0.15) is 5.10 Å². The quantitative estimate of drug-likeness (QED) is 0.783. The maximum absolute atomic E-state index is 5.78. The van der Waals surface area contributed by atoms with Crippen LogP contribution in [0.5, 0.6) is 5.75 Å². The number of nitrogens with zero attached hydrogens (tertiary/aromatic N) is 2. The first-order valence-corrected chi connectivity index (χ1v) is 5.06. The van der Waals surface area contributed by atoms with Crippen LogP contribution >= 0.6 is 0 Å². The highest BCUT2D eigenvalue weighted by Crippen LogP contribution is 2.29. The molecule has 0 radical (unpaired) electrons. The van der Waals surface area contributed by atoms with Crippen LogP contribution in [0.4, 0.5) is 5.69 Å². The van der Waals surface area contributed by atoms with Gasteiger partial charge in [0.1, 0.15) is 5.75 Å². The number of ether oxygens (including phenoxy) is 1. The highest BCUT2D eigenvalue weighted by atomic mass is 16.5. The van der Waals surface area contributed by atoms with Crippen molar-refractivity contribution in [3.05, 3.63) is 30.1 Å². The predicted molar refractivity (Wildman–Crippen MR) is 64.3 cm³/mol. The Balaban J connectivity index is 2.52. The summed E-state index contributed by atoms with van der Waals surface area (Å²) in [5.74, 6) is 0.695. The zero-order valence-electron chi connectivity index (χ0n) is 9.69. The molecule has 0 atom stereocenters. The van der Waals surface area contributed by atoms with E-state index < -0.39 is 0 Å². The summed E-state index contributed by atoms with van der Waals surface area (Å²) in [7, 11) is 3.52. The highest BCUT2D eigenvalue weighted by Gasteiger charge is 2.08. The van der Waals surface area contributed by atoms with E-state index in [0.29, 0.717) is 11.4 Å². The molecule has 2 aromatic rings. The third kappa shape index (κ3) is 1.74. The minimum atomic E-state index is 0.646. The van der Waals surface area contributed by atoms with Crippen molar-refractivity contribution in [3.8, 4) is 16.9 Å². The first kappa shape index (κ1) is 10.5. The summed E-state index contributed by atoms with van der Waals surface area (Å²) >= 11 is 0. The molecule has 0 saturated carbocycles. The van der Waals surface area contributed by atoms with Gasteiger partial charge >= 0.3 is 0 Å². The van der Waals surface area contributed by atoms with Crippen molar-refractivity contribution in [3.63, 3.8) is 0 Å². The third-order valence-corrected chi connectivity index (χ3v) is 2.56. The molecule has 0 aliphatic heterocycles. The monoisotopic (exact) mass is 217 g/mol. The molecule has 0 fully saturated rings. The smallest absolute Gasteiger partial charge is 0.142 e. The van der Waals surface area contributed by atoms with Crippen LogP contribution in [0.3, 0.4) is 0 Å². The van der Waals surface area contributed by atoms with Gasteiger partial charge in [0.15, 0.2) is 0 Å². The molecule has 0 aliphatic rings. The molecular weight excluding hydrogens is 202 g/mol. The molecule has 0 unspecified atom stereocenters. The van der Waals surface area contributed by atoms with Crippen molar-refractivity contribution in [1.82, 2.24) is 9.78 Å². The van der Waals surface area contributed by atoms with E-state index in [0.717, 1.165) is 16.8 Å². The van der Waals surface area contributed by atoms with Gasteiger partial charge in [-0.1, -0.05) is 6.07 Å². The fourth-order valence-electron chi connectivity index (χ4n) is 1.76. The molecule has 1 aromatic carbocycles. The first-order valence-electron chi connectivity index (χ1n) is 5.06. The van der Waals surface area contributed by atoms with Gasteiger partial charge in [0, 0.05) is 18.8 Å². The molecule has 0 saturated heterocycles. The Kier molecular flexibility index (Phi) is 2.56. The van der Waals surface area contributed by atoms with E-state index in [1.54, 1.807) is 11.8 Å². The second-order valence-corrected chi connectivity index (χ2v) is 3.76. The molecule has 4 nitrogen and oxygen atoms in total. The van der Waals surface area contributed by atoms with Gasteiger partial charge in [0.2, 0.25) is 0 Å². The Morgan fingerprint density at radius 1 is 1.38 bits per heavy atom. The number of hydrogen-bond acceptors (Lipinski definition) is 3. The number of methoxy groups -OCH3 is 1. The van der Waals surface area contributed by atoms with Crippen LogP contribution in [0.1, 0.15) is 5.69 Å². The number of anilines is 1. The Hall–Kier alpha value is -1.97. The number of benzene rings is 1. The molecule has 0 spiro atoms. The van der Waals surface area contributed by atoms with Gasteiger partial charge < -0.3 is 10.5 Å². The molecule has 0 bridgehead atoms. The summed E-state index contributed by atoms with van der Waals surface area (Å²) in [6, 6.07) is 5.75. The standard InChI is InChI=1S/C12H15N3O/c1-8-10(7-15(2)14-8)9-4-5-11(13)12(6-9)16-3/h4-7H,13H2,1-3H3. The second kappa shape index (κ2) is 3.89. The summed E-state index contributed by atoms with van der Waals surface area (Å²) in [4.78, 5) is 0. The number of nitrogens with two attached hydrogens (primary N) is 1. The molecular formula is C12H15N3O. The van der Waals surface area contributed by atoms with E-state index in [1.165, 1.54) is 0 Å². The van der Waals surface area contributed by atoms with E-state index in [1.807, 2.05) is 38.4 Å². The summed E-state index contributed by atoms with van der Waals surface area (Å²) in [5, 5.41) is 4.31. The zero-order chi connectivity index (χ0) is 11.7. The summed E-state index contributed by atoms with van der Waals surface area (Å²) in [6.07, 6.45) is 1.99. The van der Waals surface area contributed by atoms with Crippen LogP contribution in [-0.2, 0) is 7.05 Å². The number of aryl methyl sites for hydroxylation is 2. The summed E-state index contributed by atoms with van der Waals surface area (Å²) in [6.45, 7) is 1.98. The van der Waals surface area contributed by atoms with E-state index in [2.05, 4.69) is 5.10 Å². The average Bonchev–Trinajstić information content (AvgIpc) is 2.59. The fourth-order valence-corrected chi connectivity index (χ4v) is 1.76. The zero-order valence-corrected chi connectivity index (χ0v) is 9.69. The second-order valence-electron chi connectivity index (χ2n) is 3.76. The molecule has 1 aromatic heterocycles. The van der Waals surface area contributed by atoms with Crippen LogP contribution in [0.2, 0.25) is 0 Å². The lowest BCUT2D eigenvalue weighted by Gasteiger charge is -2.06. The van der Waals surface area contributed by atoms with Gasteiger partial charge in [-0.25, -0.2) is 0 Å². The van der Waals surface area contributed by atoms with Crippen molar-refractivity contribution in [2.75, 3.05) is 12.8 Å². The van der Waals surface area contributed by atoms with Gasteiger partial charge in [0.25, 0.3) is 0 Å². The third-order valence-electron chi connectivity index (χ3n) is 2.56. The van der Waals surface area contributed by atoms with E-state index >= 15 is 0 Å². The number of aromatic nitrogens is 2. The lowest BCUT2D eigenvalue weighted by Crippen LogP contribution is -1.92. The number of nitrogen functional groups attached to an aromatic ring is 1. The minimum absolute atomic E-state index is 0.646. The van der Waals surface area contributed by atoms with Crippen molar-refractivity contribution < 1.29 is 4.74 Å². The van der Waals surface area contributed by atoms with Crippen molar-refractivity contribution in [1.29, 1.82) is 0 Å². The summed E-state index contributed by atoms with van der Waals surface area (Å²) < 4.78 is 7.00. The Morgan fingerprint density at radius 3 is 2.69 bits per heavy atom. The van der Waals surface area contributed by atoms with Gasteiger partial charge in [-0.15, -0.1) is 0 Å². The molecule has 0 amide bonds. The average molecular weight is 217 g/mol. The Labute approximate surface area is 94.6 Å². The molecule has 84 valence electrons. The molecule has 0 aliphatic carbocycles. The lowest BCUT2D eigenvalue weighted by atomic mass is 10.1. The van der Waals surface area contributed by atoms with E-state index in [-0.39, 0.29) is 0 Å². The molecule has 2 rings (SSSR count). The van der Waals surface area contributed by atoms with Gasteiger partial charge in [0.05, 0.1) is 18.5 Å². The number of rotatable bonds is 2. The first-order chi connectivity index (χ1) is 7.61. The Morgan fingerprint density at radius 2 is 2.12 bits per heavy atom. The van der Waals surface area contributed by atoms with Crippen LogP contribution in [0.25, 0.3) is 11.1 Å². The minimum Gasteiger partial charge on any atom is -0.495 e. The van der Waals surface area contributed by atoms with Crippen molar-refractivity contribution in [2.24, 2.45) is 7.05 Å². The largest absolute Gasteiger partial charge is 0.495 e. The summed E-state index contributed by atoms with van der Waals surface area (Å²) in [5.41, 5.74) is 9.58. The predicted octanol–water partition coefficient (Wildman–Crippen LogP) is 1.99. The van der Waals surface area contributed by atoms with Crippen LogP contribution in [0, 0.1) is 6.92 Å². The van der Waals surface area contributed by atoms with E-state index in [4.69, 9.17) is 10.5 Å². The maximum Gasteiger partial charge on any atom is 0.142 e. The maximum atomic E-state index is 5.78. The van der Waals surface area contributed by atoms with Crippen molar-refractivity contribution >= 4 is 5.69 Å².